The van der Waals surface area contributed by atoms with Crippen LogP contribution in [0.1, 0.15) is 16.7 Å². The third-order valence-electron chi connectivity index (χ3n) is 7.16. The van der Waals surface area contributed by atoms with Gasteiger partial charge in [-0.25, -0.2) is 8.78 Å². The number of hydrogen-bond acceptors (Lipinski definition) is 7. The number of thiophene rings is 2. The van der Waals surface area contributed by atoms with Crippen molar-refractivity contribution in [3.63, 3.8) is 0 Å². The summed E-state index contributed by atoms with van der Waals surface area (Å²) in [5, 5.41) is 0.542. The van der Waals surface area contributed by atoms with Crippen LogP contribution in [0.5, 0.6) is 0 Å². The molecule has 2 aliphatic heterocycles. The predicted molar refractivity (Wildman–Crippen MR) is 171 cm³/mol. The van der Waals surface area contributed by atoms with Crippen LogP contribution in [0.2, 0.25) is 0 Å². The van der Waals surface area contributed by atoms with Gasteiger partial charge >= 0.3 is 0 Å². The molecule has 3 aromatic carbocycles. The Morgan fingerprint density at radius 3 is 1.93 bits per heavy atom. The summed E-state index contributed by atoms with van der Waals surface area (Å²) in [6, 6.07) is 21.0. The van der Waals surface area contributed by atoms with Crippen molar-refractivity contribution in [2.45, 2.75) is 17.4 Å². The van der Waals surface area contributed by atoms with E-state index in [1.165, 1.54) is 22.7 Å². The van der Waals surface area contributed by atoms with E-state index < -0.39 is 0 Å². The smallest absolute Gasteiger partial charge is 0.132 e. The molecular formula is C31H18F2N2S5. The Hall–Kier alpha value is -2.82. The van der Waals surface area contributed by atoms with Gasteiger partial charge in [-0.05, 0) is 36.8 Å². The lowest BCUT2D eigenvalue weighted by Crippen LogP contribution is -2.04. The average Bonchev–Trinajstić information content (AvgIpc) is 3.74. The number of fused-ring (bicyclic) bond motifs is 3. The highest BCUT2D eigenvalue weighted by Gasteiger charge is 2.35. The molecule has 0 saturated heterocycles. The van der Waals surface area contributed by atoms with E-state index in [4.69, 9.17) is 8.75 Å². The summed E-state index contributed by atoms with van der Waals surface area (Å²) in [4.78, 5) is 4.30. The summed E-state index contributed by atoms with van der Waals surface area (Å²) in [6.07, 6.45) is 4.49. The Morgan fingerprint density at radius 1 is 0.625 bits per heavy atom. The maximum absolute atomic E-state index is 14.6. The average molecular weight is 617 g/mol. The maximum atomic E-state index is 14.6. The largest absolute Gasteiger partial charge is 0.206 e. The Morgan fingerprint density at radius 2 is 1.23 bits per heavy atom. The topological polar surface area (TPSA) is 25.8 Å². The third-order valence-corrected chi connectivity index (χ3v) is 12.8. The molecule has 0 fully saturated rings. The number of aromatic nitrogens is 2. The molecule has 40 heavy (non-hydrogen) atoms. The molecule has 0 radical (unpaired) electrons. The number of halogens is 2. The number of nitrogens with zero attached hydrogens (tertiary/aromatic N) is 2. The number of rotatable bonds is 4. The van der Waals surface area contributed by atoms with Crippen LogP contribution in [0.15, 0.2) is 78.9 Å². The summed E-state index contributed by atoms with van der Waals surface area (Å²) < 4.78 is 40.6. The summed E-state index contributed by atoms with van der Waals surface area (Å²) in [5.74, 6) is -0.353. The van der Waals surface area contributed by atoms with Gasteiger partial charge in [0.2, 0.25) is 0 Å². The zero-order chi connectivity index (χ0) is 27.0. The molecule has 3 aromatic heterocycles. The minimum absolute atomic E-state index is 0.173. The highest BCUT2D eigenvalue weighted by molar-refractivity contribution is 8.14. The number of thioether (sulfide) groups is 2. The quantitative estimate of drug-likeness (QED) is 0.197. The van der Waals surface area contributed by atoms with E-state index in [-0.39, 0.29) is 22.1 Å². The molecular weight excluding hydrogens is 599 g/mol. The van der Waals surface area contributed by atoms with Crippen LogP contribution >= 0.6 is 57.9 Å². The van der Waals surface area contributed by atoms with Gasteiger partial charge in [0.05, 0.1) is 11.7 Å². The molecule has 9 heteroatoms. The van der Waals surface area contributed by atoms with E-state index in [1.807, 2.05) is 43.0 Å². The highest BCUT2D eigenvalue weighted by atomic mass is 32.2. The zero-order valence-corrected chi connectivity index (χ0v) is 24.9. The molecule has 0 N–H and O–H groups in total. The summed E-state index contributed by atoms with van der Waals surface area (Å²) >= 11 is 8.11. The lowest BCUT2D eigenvalue weighted by atomic mass is 10.1. The fourth-order valence-corrected chi connectivity index (χ4v) is 11.2. The molecule has 0 amide bonds. The molecule has 6 aromatic rings. The van der Waals surface area contributed by atoms with Crippen molar-refractivity contribution in [2.24, 2.45) is 0 Å². The first-order valence-corrected chi connectivity index (χ1v) is 16.7. The Labute approximate surface area is 249 Å². The first-order chi connectivity index (χ1) is 19.5. The SMILES string of the molecule is Cc1ccc(-c2cc3sc(-c4ccc(C5=CC6SC(c7ccccc7F)=CC6S5)c5nsnc45)cc3s2)c(F)c1. The minimum Gasteiger partial charge on any atom is -0.206 e. The van der Waals surface area contributed by atoms with Gasteiger partial charge < -0.3 is 0 Å². The van der Waals surface area contributed by atoms with E-state index in [1.54, 1.807) is 46.6 Å². The van der Waals surface area contributed by atoms with E-state index in [9.17, 15) is 8.78 Å². The van der Waals surface area contributed by atoms with Crippen molar-refractivity contribution in [3.8, 4) is 20.9 Å². The van der Waals surface area contributed by atoms with Gasteiger partial charge in [-0.2, -0.15) is 8.75 Å². The standard InChI is InChI=1S/C31H18F2N2S5/c1-15-6-7-17(21(33)10-15)23-12-27-29(37-23)14-25(39-27)19-9-8-18(30-31(19)35-40-34-30)24-13-28-26(38-24)11-22(36-28)16-4-2-3-5-20(16)32/h2-14,26,28H,1H3. The Kier molecular flexibility index (Phi) is 6.00. The van der Waals surface area contributed by atoms with Gasteiger partial charge in [-0.3, -0.25) is 0 Å². The fraction of sp³-hybridized carbons (Fsp3) is 0.0968. The fourth-order valence-electron chi connectivity index (χ4n) is 5.21. The van der Waals surface area contributed by atoms with Crippen molar-refractivity contribution < 1.29 is 8.78 Å². The van der Waals surface area contributed by atoms with Crippen LogP contribution < -0.4 is 0 Å². The third kappa shape index (κ3) is 4.10. The predicted octanol–water partition coefficient (Wildman–Crippen LogP) is 10.5. The second-order valence-electron chi connectivity index (χ2n) is 9.76. The van der Waals surface area contributed by atoms with Crippen molar-refractivity contribution in [1.29, 1.82) is 0 Å². The number of hydrogen-bond donors (Lipinski definition) is 0. The molecule has 0 spiro atoms. The molecule has 2 aliphatic rings. The Bertz CT molecular complexity index is 2000. The lowest BCUT2D eigenvalue weighted by molar-refractivity contribution is 0.625. The summed E-state index contributed by atoms with van der Waals surface area (Å²) in [5.41, 5.74) is 6.26. The van der Waals surface area contributed by atoms with E-state index in [0.29, 0.717) is 11.1 Å². The van der Waals surface area contributed by atoms with Crippen LogP contribution in [0.25, 0.3) is 51.1 Å². The van der Waals surface area contributed by atoms with Crippen molar-refractivity contribution in [2.75, 3.05) is 0 Å². The molecule has 0 bridgehead atoms. The molecule has 2 unspecified atom stereocenters. The monoisotopic (exact) mass is 616 g/mol. The summed E-state index contributed by atoms with van der Waals surface area (Å²) in [6.45, 7) is 1.90. The normalized spacial score (nSPS) is 18.5. The van der Waals surface area contributed by atoms with E-state index >= 15 is 0 Å². The van der Waals surface area contributed by atoms with Gasteiger partial charge in [0, 0.05) is 61.7 Å². The summed E-state index contributed by atoms with van der Waals surface area (Å²) in [7, 11) is 0. The van der Waals surface area contributed by atoms with Crippen molar-refractivity contribution in [3.05, 3.63) is 107 Å². The lowest BCUT2D eigenvalue weighted by Gasteiger charge is -2.07. The van der Waals surface area contributed by atoms with E-state index in [2.05, 4.69) is 36.4 Å². The van der Waals surface area contributed by atoms with Crippen LogP contribution in [0.4, 0.5) is 8.78 Å². The van der Waals surface area contributed by atoms with Crippen LogP contribution in [0.3, 0.4) is 0 Å². The van der Waals surface area contributed by atoms with Gasteiger partial charge in [0.15, 0.2) is 0 Å². The van der Waals surface area contributed by atoms with Gasteiger partial charge in [0.1, 0.15) is 22.7 Å². The first kappa shape index (κ1) is 24.9. The highest BCUT2D eigenvalue weighted by Crippen LogP contribution is 2.54. The molecule has 5 heterocycles. The van der Waals surface area contributed by atoms with Gasteiger partial charge in [0.25, 0.3) is 0 Å². The van der Waals surface area contributed by atoms with Crippen LogP contribution in [0, 0.1) is 18.6 Å². The van der Waals surface area contributed by atoms with Gasteiger partial charge in [-0.15, -0.1) is 46.2 Å². The van der Waals surface area contributed by atoms with E-state index in [0.717, 1.165) is 51.8 Å². The number of aryl methyl sites for hydroxylation is 1. The number of benzene rings is 3. The molecule has 2 nitrogen and oxygen atoms in total. The molecule has 196 valence electrons. The first-order valence-electron chi connectivity index (χ1n) is 12.6. The second kappa shape index (κ2) is 9.63. The van der Waals surface area contributed by atoms with Crippen LogP contribution in [-0.2, 0) is 0 Å². The minimum atomic E-state index is -0.180. The van der Waals surface area contributed by atoms with Crippen LogP contribution in [-0.4, -0.2) is 19.2 Å². The van der Waals surface area contributed by atoms with Gasteiger partial charge in [-0.1, -0.05) is 54.6 Å². The van der Waals surface area contributed by atoms with Crippen molar-refractivity contribution in [1.82, 2.24) is 8.75 Å². The Balaban J connectivity index is 1.09. The second-order valence-corrected chi connectivity index (χ2v) is 14.9. The molecule has 2 atom stereocenters. The zero-order valence-electron chi connectivity index (χ0n) is 20.9. The molecule has 8 rings (SSSR count). The van der Waals surface area contributed by atoms with Crippen molar-refractivity contribution >= 4 is 88.2 Å². The maximum Gasteiger partial charge on any atom is 0.132 e. The molecule has 0 aliphatic carbocycles. The molecule has 0 saturated carbocycles.